The van der Waals surface area contributed by atoms with Crippen molar-refractivity contribution in [2.24, 2.45) is 0 Å². The fourth-order valence-electron chi connectivity index (χ4n) is 6.03. The fourth-order valence-corrected chi connectivity index (χ4v) is 6.03. The lowest BCUT2D eigenvalue weighted by Gasteiger charge is -2.34. The van der Waals surface area contributed by atoms with E-state index < -0.39 is 53.9 Å². The van der Waals surface area contributed by atoms with Crippen LogP contribution in [0, 0.1) is 11.3 Å². The summed E-state index contributed by atoms with van der Waals surface area (Å²) < 4.78 is 95.7. The number of rotatable bonds is 9. The van der Waals surface area contributed by atoms with E-state index in [1.165, 1.54) is 44.9 Å². The van der Waals surface area contributed by atoms with Gasteiger partial charge in [-0.3, -0.25) is 19.8 Å². The van der Waals surface area contributed by atoms with Crippen LogP contribution in [0.5, 0.6) is 0 Å². The Bertz CT molecular complexity index is 1830. The molecule has 276 valence electrons. The second-order valence-electron chi connectivity index (χ2n) is 13.7. The molecule has 2 amide bonds. The largest absolute Gasteiger partial charge is 0.490 e. The minimum Gasteiger partial charge on any atom is -0.475 e. The van der Waals surface area contributed by atoms with E-state index in [1.807, 2.05) is 11.0 Å². The lowest BCUT2D eigenvalue weighted by atomic mass is 9.97. The molecule has 2 atom stereocenters. The van der Waals surface area contributed by atoms with E-state index in [2.05, 4.69) is 15.5 Å². The van der Waals surface area contributed by atoms with E-state index >= 15 is 0 Å². The van der Waals surface area contributed by atoms with Gasteiger partial charge in [-0.1, -0.05) is 12.1 Å². The van der Waals surface area contributed by atoms with Crippen LogP contribution in [0.4, 0.5) is 30.7 Å². The molecule has 0 radical (unpaired) electrons. The molecule has 2 heterocycles. The van der Waals surface area contributed by atoms with Gasteiger partial charge in [0.2, 0.25) is 5.91 Å². The molecular formula is C34H36F7N5O5. The van der Waals surface area contributed by atoms with Crippen LogP contribution in [0.2, 0.25) is 0 Å². The molecule has 2 saturated carbocycles. The number of hydrogen-bond donors (Lipinski definition) is 3. The number of fused-ring (bicyclic) bond motifs is 3. The smallest absolute Gasteiger partial charge is 0.475 e. The molecule has 2 aromatic carbocycles. The maximum Gasteiger partial charge on any atom is 0.490 e. The average molecular weight is 728 g/mol. The van der Waals surface area contributed by atoms with Gasteiger partial charge in [0, 0.05) is 55.0 Å². The Morgan fingerprint density at radius 3 is 2.10 bits per heavy atom. The van der Waals surface area contributed by atoms with E-state index in [-0.39, 0.29) is 17.1 Å². The van der Waals surface area contributed by atoms with Crippen LogP contribution < -0.4 is 10.6 Å². The number of furan rings is 1. The van der Waals surface area contributed by atoms with E-state index in [9.17, 15) is 45.6 Å². The Hall–Kier alpha value is -4.43. The molecule has 0 spiro atoms. The van der Waals surface area contributed by atoms with Crippen molar-refractivity contribution in [3.8, 4) is 6.07 Å². The van der Waals surface area contributed by atoms with E-state index in [0.29, 0.717) is 53.9 Å². The second-order valence-corrected chi connectivity index (χ2v) is 13.7. The monoisotopic (exact) mass is 727 g/mol. The molecule has 3 N–H and O–H groups in total. The first-order chi connectivity index (χ1) is 23.7. The summed E-state index contributed by atoms with van der Waals surface area (Å²) in [5.41, 5.74) is -2.21. The molecular weight excluding hydrogens is 691 g/mol. The van der Waals surface area contributed by atoms with Crippen LogP contribution in [0.1, 0.15) is 67.9 Å². The number of halogens is 7. The second kappa shape index (κ2) is 13.9. The molecule has 17 heteroatoms. The highest BCUT2D eigenvalue weighted by molar-refractivity contribution is 6.08. The molecule has 6 rings (SSSR count). The average Bonchev–Trinajstić information content (AvgIpc) is 3.99. The molecule has 3 fully saturated rings. The molecule has 1 saturated heterocycles. The maximum atomic E-state index is 14.7. The number of piperazine rings is 1. The predicted molar refractivity (Wildman–Crippen MR) is 169 cm³/mol. The number of carboxylic acid groups (broad SMARTS) is 1. The summed E-state index contributed by atoms with van der Waals surface area (Å²) in [5.74, 6) is -3.72. The SMILES string of the molecule is CC(C)(F)C[C@H](N[C@@H](c1ccc2c(c1)oc1ccc(C(=O)N3CCN(C4CC4)CC3)cc12)C(F)(F)F)C(=O)NC1(C#N)CC1.O=C(O)C(F)(F)F. The van der Waals surface area contributed by atoms with Crippen molar-refractivity contribution in [2.45, 2.75) is 87.6 Å². The quantitative estimate of drug-likeness (QED) is 0.228. The molecule has 1 aromatic heterocycles. The number of amides is 2. The third-order valence-electron chi connectivity index (χ3n) is 9.01. The van der Waals surface area contributed by atoms with Gasteiger partial charge in [-0.25, -0.2) is 9.18 Å². The minimum absolute atomic E-state index is 0.0980. The Balaban J connectivity index is 0.000000654. The van der Waals surface area contributed by atoms with E-state index in [1.54, 1.807) is 18.2 Å². The molecule has 1 aliphatic heterocycles. The summed E-state index contributed by atoms with van der Waals surface area (Å²) in [4.78, 5) is 39.4. The van der Waals surface area contributed by atoms with Crippen molar-refractivity contribution in [1.82, 2.24) is 20.4 Å². The number of nitrogens with zero attached hydrogens (tertiary/aromatic N) is 3. The highest BCUT2D eigenvalue weighted by Crippen LogP contribution is 2.39. The number of hydrogen-bond acceptors (Lipinski definition) is 7. The van der Waals surface area contributed by atoms with Gasteiger partial charge < -0.3 is 19.7 Å². The standard InChI is InChI=1S/C32H35F4N5O3.C2HF3O2/c1-30(2,33)17-24(28(42)39-31(18-37)9-10-31)38-27(32(34,35)36)19-3-7-22-23-15-20(4-8-25(23)44-26(22)16-19)29(43)41-13-11-40(12-14-41)21-5-6-21;3-2(4,5)1(6)7/h3-4,7-8,15-16,21,24,27,38H,5-6,9-14,17H2,1-2H3,(H,39,42);(H,6,7)/t24-,27-;/m0./s1. The molecule has 10 nitrogen and oxygen atoms in total. The van der Waals surface area contributed by atoms with Crippen LogP contribution in [-0.2, 0) is 9.59 Å². The zero-order valence-corrected chi connectivity index (χ0v) is 27.6. The van der Waals surface area contributed by atoms with Gasteiger partial charge >= 0.3 is 18.3 Å². The van der Waals surface area contributed by atoms with Gasteiger partial charge in [0.25, 0.3) is 5.91 Å². The summed E-state index contributed by atoms with van der Waals surface area (Å²) in [6.45, 7) is 5.34. The van der Waals surface area contributed by atoms with E-state index in [4.69, 9.17) is 14.3 Å². The molecule has 0 bridgehead atoms. The highest BCUT2D eigenvalue weighted by atomic mass is 19.4. The highest BCUT2D eigenvalue weighted by Gasteiger charge is 2.48. The lowest BCUT2D eigenvalue weighted by molar-refractivity contribution is -0.192. The number of nitrogens with one attached hydrogen (secondary N) is 2. The Labute approximate surface area is 287 Å². The van der Waals surface area contributed by atoms with Crippen molar-refractivity contribution in [3.63, 3.8) is 0 Å². The first-order valence-electron chi connectivity index (χ1n) is 16.2. The Morgan fingerprint density at radius 2 is 1.59 bits per heavy atom. The number of benzene rings is 2. The first-order valence-corrected chi connectivity index (χ1v) is 16.2. The number of carbonyl (C=O) groups excluding carboxylic acids is 2. The van der Waals surface area contributed by atoms with Crippen molar-refractivity contribution in [3.05, 3.63) is 47.5 Å². The topological polar surface area (TPSA) is 139 Å². The van der Waals surface area contributed by atoms with Crippen LogP contribution >= 0.6 is 0 Å². The van der Waals surface area contributed by atoms with Crippen molar-refractivity contribution in [2.75, 3.05) is 26.2 Å². The van der Waals surface area contributed by atoms with Crippen LogP contribution in [0.3, 0.4) is 0 Å². The predicted octanol–water partition coefficient (Wildman–Crippen LogP) is 6.01. The van der Waals surface area contributed by atoms with E-state index in [0.717, 1.165) is 13.1 Å². The van der Waals surface area contributed by atoms with Gasteiger partial charge in [0.15, 0.2) is 0 Å². The van der Waals surface area contributed by atoms with Crippen LogP contribution in [0.15, 0.2) is 40.8 Å². The van der Waals surface area contributed by atoms with Crippen molar-refractivity contribution < 1.29 is 54.6 Å². The number of carbonyl (C=O) groups is 3. The van der Waals surface area contributed by atoms with Gasteiger partial charge in [-0.15, -0.1) is 0 Å². The molecule has 2 aliphatic carbocycles. The molecule has 51 heavy (non-hydrogen) atoms. The molecule has 3 aliphatic rings. The number of nitriles is 1. The minimum atomic E-state index is -5.08. The maximum absolute atomic E-state index is 14.7. The number of alkyl halides is 7. The summed E-state index contributed by atoms with van der Waals surface area (Å²) in [7, 11) is 0. The van der Waals surface area contributed by atoms with Gasteiger partial charge in [0.1, 0.15) is 28.4 Å². The zero-order chi connectivity index (χ0) is 37.5. The lowest BCUT2D eigenvalue weighted by Crippen LogP contribution is -2.53. The summed E-state index contributed by atoms with van der Waals surface area (Å²) in [6.07, 6.45) is -7.25. The number of aliphatic carboxylic acids is 1. The molecule has 3 aromatic rings. The first kappa shape index (κ1) is 37.8. The van der Waals surface area contributed by atoms with Crippen molar-refractivity contribution >= 4 is 39.7 Å². The summed E-state index contributed by atoms with van der Waals surface area (Å²) in [5, 5.41) is 22.4. The Kier molecular flexibility index (Phi) is 10.3. The summed E-state index contributed by atoms with van der Waals surface area (Å²) >= 11 is 0. The van der Waals surface area contributed by atoms with Gasteiger partial charge in [-0.05, 0) is 69.4 Å². The fraction of sp³-hybridized carbons (Fsp3) is 0.529. The van der Waals surface area contributed by atoms with Gasteiger partial charge in [0.05, 0.1) is 12.1 Å². The van der Waals surface area contributed by atoms with Crippen LogP contribution in [0.25, 0.3) is 21.9 Å². The molecule has 0 unspecified atom stereocenters. The van der Waals surface area contributed by atoms with Gasteiger partial charge in [-0.2, -0.15) is 31.6 Å². The summed E-state index contributed by atoms with van der Waals surface area (Å²) in [6, 6.07) is 7.82. The Morgan fingerprint density at radius 1 is 0.961 bits per heavy atom. The third-order valence-corrected chi connectivity index (χ3v) is 9.01. The van der Waals surface area contributed by atoms with Crippen molar-refractivity contribution in [1.29, 1.82) is 5.26 Å². The van der Waals surface area contributed by atoms with Crippen LogP contribution in [-0.4, -0.2) is 94.5 Å². The zero-order valence-electron chi connectivity index (χ0n) is 27.6. The number of carboxylic acids is 1. The normalized spacial score (nSPS) is 19.1. The third kappa shape index (κ3) is 9.28.